The van der Waals surface area contributed by atoms with Crippen LogP contribution in [0.4, 0.5) is 4.39 Å². The van der Waals surface area contributed by atoms with Crippen LogP contribution in [-0.2, 0) is 11.3 Å². The van der Waals surface area contributed by atoms with Crippen molar-refractivity contribution in [1.82, 2.24) is 5.32 Å². The van der Waals surface area contributed by atoms with Gasteiger partial charge in [0.1, 0.15) is 5.82 Å². The molecule has 2 nitrogen and oxygen atoms in total. The largest absolute Gasteiger partial charge is 0.380 e. The molecule has 0 spiro atoms. The van der Waals surface area contributed by atoms with Crippen molar-refractivity contribution in [3.63, 3.8) is 0 Å². The number of hydrogen-bond donors (Lipinski definition) is 1. The van der Waals surface area contributed by atoms with E-state index >= 15 is 0 Å². The Hall–Kier alpha value is -0.930. The molecule has 3 heteroatoms. The Bertz CT molecular complexity index is 328. The minimum atomic E-state index is -0.177. The SMILES string of the molecule is CCOCC(C)NCc1ccc(F)cc1C. The van der Waals surface area contributed by atoms with Gasteiger partial charge in [0.15, 0.2) is 0 Å². The summed E-state index contributed by atoms with van der Waals surface area (Å²) in [5.41, 5.74) is 2.11. The van der Waals surface area contributed by atoms with E-state index in [0.717, 1.165) is 24.3 Å². The van der Waals surface area contributed by atoms with E-state index in [-0.39, 0.29) is 5.82 Å². The average molecular weight is 225 g/mol. The van der Waals surface area contributed by atoms with Crippen molar-refractivity contribution in [1.29, 1.82) is 0 Å². The molecule has 0 fully saturated rings. The van der Waals surface area contributed by atoms with Gasteiger partial charge in [-0.25, -0.2) is 4.39 Å². The molecule has 1 aromatic rings. The van der Waals surface area contributed by atoms with Crippen LogP contribution in [0.3, 0.4) is 0 Å². The first-order valence-corrected chi connectivity index (χ1v) is 5.69. The highest BCUT2D eigenvalue weighted by molar-refractivity contribution is 5.26. The third-order valence-electron chi connectivity index (χ3n) is 2.52. The number of aryl methyl sites for hydroxylation is 1. The van der Waals surface area contributed by atoms with Gasteiger partial charge in [0.25, 0.3) is 0 Å². The van der Waals surface area contributed by atoms with Crippen LogP contribution in [0.1, 0.15) is 25.0 Å². The van der Waals surface area contributed by atoms with Gasteiger partial charge in [-0.3, -0.25) is 0 Å². The fraction of sp³-hybridized carbons (Fsp3) is 0.538. The number of ether oxygens (including phenoxy) is 1. The monoisotopic (exact) mass is 225 g/mol. The Morgan fingerprint density at radius 2 is 2.19 bits per heavy atom. The molecule has 1 atom stereocenters. The van der Waals surface area contributed by atoms with Crippen LogP contribution in [0.2, 0.25) is 0 Å². The van der Waals surface area contributed by atoms with Crippen molar-refractivity contribution in [3.8, 4) is 0 Å². The molecule has 1 N–H and O–H groups in total. The summed E-state index contributed by atoms with van der Waals surface area (Å²) in [7, 11) is 0. The highest BCUT2D eigenvalue weighted by Crippen LogP contribution is 2.09. The van der Waals surface area contributed by atoms with Gasteiger partial charge in [0.2, 0.25) is 0 Å². The molecule has 0 saturated heterocycles. The zero-order chi connectivity index (χ0) is 12.0. The molecule has 0 radical (unpaired) electrons. The molecule has 0 bridgehead atoms. The van der Waals surface area contributed by atoms with Crippen LogP contribution in [0.15, 0.2) is 18.2 Å². The van der Waals surface area contributed by atoms with Gasteiger partial charge < -0.3 is 10.1 Å². The van der Waals surface area contributed by atoms with Crippen LogP contribution >= 0.6 is 0 Å². The topological polar surface area (TPSA) is 21.3 Å². The van der Waals surface area contributed by atoms with Crippen molar-refractivity contribution in [2.75, 3.05) is 13.2 Å². The van der Waals surface area contributed by atoms with Gasteiger partial charge >= 0.3 is 0 Å². The van der Waals surface area contributed by atoms with Crippen LogP contribution in [0.5, 0.6) is 0 Å². The van der Waals surface area contributed by atoms with E-state index in [1.807, 2.05) is 19.9 Å². The Balaban J connectivity index is 2.42. The second kappa shape index (κ2) is 6.61. The summed E-state index contributed by atoms with van der Waals surface area (Å²) >= 11 is 0. The first-order chi connectivity index (χ1) is 7.63. The zero-order valence-corrected chi connectivity index (χ0v) is 10.2. The van der Waals surface area contributed by atoms with Gasteiger partial charge in [-0.05, 0) is 44.0 Å². The summed E-state index contributed by atoms with van der Waals surface area (Å²) in [5, 5.41) is 3.35. The quantitative estimate of drug-likeness (QED) is 0.803. The van der Waals surface area contributed by atoms with E-state index in [9.17, 15) is 4.39 Å². The molecule has 90 valence electrons. The molecule has 0 aliphatic carbocycles. The second-order valence-corrected chi connectivity index (χ2v) is 4.01. The summed E-state index contributed by atoms with van der Waals surface area (Å²) in [6, 6.07) is 5.19. The molecule has 1 aromatic carbocycles. The van der Waals surface area contributed by atoms with E-state index in [1.54, 1.807) is 6.07 Å². The van der Waals surface area contributed by atoms with Crippen molar-refractivity contribution in [2.45, 2.75) is 33.4 Å². The molecule has 0 aliphatic heterocycles. The van der Waals surface area contributed by atoms with Gasteiger partial charge in [0.05, 0.1) is 6.61 Å². The number of nitrogens with one attached hydrogen (secondary N) is 1. The molecule has 16 heavy (non-hydrogen) atoms. The molecule has 0 heterocycles. The van der Waals surface area contributed by atoms with Crippen molar-refractivity contribution >= 4 is 0 Å². The maximum atomic E-state index is 12.9. The van der Waals surface area contributed by atoms with E-state index < -0.39 is 0 Å². The zero-order valence-electron chi connectivity index (χ0n) is 10.2. The van der Waals surface area contributed by atoms with Gasteiger partial charge in [-0.1, -0.05) is 6.07 Å². The fourth-order valence-electron chi connectivity index (χ4n) is 1.50. The molecular weight excluding hydrogens is 205 g/mol. The van der Waals surface area contributed by atoms with E-state index in [1.165, 1.54) is 6.07 Å². The van der Waals surface area contributed by atoms with E-state index in [2.05, 4.69) is 12.2 Å². The van der Waals surface area contributed by atoms with Crippen molar-refractivity contribution < 1.29 is 9.13 Å². The van der Waals surface area contributed by atoms with Crippen LogP contribution in [-0.4, -0.2) is 19.3 Å². The predicted molar refractivity (Wildman–Crippen MR) is 63.9 cm³/mol. The lowest BCUT2D eigenvalue weighted by Gasteiger charge is -2.14. The first kappa shape index (κ1) is 13.1. The highest BCUT2D eigenvalue weighted by atomic mass is 19.1. The minimum Gasteiger partial charge on any atom is -0.380 e. The third kappa shape index (κ3) is 4.29. The van der Waals surface area contributed by atoms with Crippen LogP contribution in [0.25, 0.3) is 0 Å². The standard InChI is InChI=1S/C13H20FNO/c1-4-16-9-11(3)15-8-12-5-6-13(14)7-10(12)2/h5-7,11,15H,4,8-9H2,1-3H3. The van der Waals surface area contributed by atoms with Gasteiger partial charge in [-0.15, -0.1) is 0 Å². The minimum absolute atomic E-state index is 0.177. The van der Waals surface area contributed by atoms with Crippen LogP contribution < -0.4 is 5.32 Å². The second-order valence-electron chi connectivity index (χ2n) is 4.01. The predicted octanol–water partition coefficient (Wildman–Crippen LogP) is 2.65. The maximum Gasteiger partial charge on any atom is 0.123 e. The van der Waals surface area contributed by atoms with Crippen molar-refractivity contribution in [3.05, 3.63) is 35.1 Å². The summed E-state index contributed by atoms with van der Waals surface area (Å²) in [4.78, 5) is 0. The summed E-state index contributed by atoms with van der Waals surface area (Å²) < 4.78 is 18.2. The lowest BCUT2D eigenvalue weighted by molar-refractivity contribution is 0.127. The Morgan fingerprint density at radius 3 is 2.81 bits per heavy atom. The third-order valence-corrected chi connectivity index (χ3v) is 2.52. The molecule has 0 aromatic heterocycles. The lowest BCUT2D eigenvalue weighted by atomic mass is 10.1. The number of halogens is 1. The molecule has 1 rings (SSSR count). The molecule has 0 saturated carbocycles. The van der Waals surface area contributed by atoms with Gasteiger partial charge in [0, 0.05) is 19.2 Å². The van der Waals surface area contributed by atoms with Crippen LogP contribution in [0, 0.1) is 12.7 Å². The number of rotatable bonds is 6. The molecule has 0 aliphatic rings. The number of hydrogen-bond acceptors (Lipinski definition) is 2. The van der Waals surface area contributed by atoms with Gasteiger partial charge in [-0.2, -0.15) is 0 Å². The Morgan fingerprint density at radius 1 is 1.44 bits per heavy atom. The summed E-state index contributed by atoms with van der Waals surface area (Å²) in [5.74, 6) is -0.177. The maximum absolute atomic E-state index is 12.9. The Kier molecular flexibility index (Phi) is 5.43. The first-order valence-electron chi connectivity index (χ1n) is 5.69. The lowest BCUT2D eigenvalue weighted by Crippen LogP contribution is -2.30. The molecule has 0 amide bonds. The fourth-order valence-corrected chi connectivity index (χ4v) is 1.50. The van der Waals surface area contributed by atoms with Crippen molar-refractivity contribution in [2.24, 2.45) is 0 Å². The van der Waals surface area contributed by atoms with E-state index in [0.29, 0.717) is 12.6 Å². The molecule has 1 unspecified atom stereocenters. The average Bonchev–Trinajstić information content (AvgIpc) is 2.25. The Labute approximate surface area is 96.8 Å². The summed E-state index contributed by atoms with van der Waals surface area (Å²) in [6.45, 7) is 8.18. The smallest absolute Gasteiger partial charge is 0.123 e. The summed E-state index contributed by atoms with van der Waals surface area (Å²) in [6.07, 6.45) is 0. The molecular formula is C13H20FNO. The van der Waals surface area contributed by atoms with E-state index in [4.69, 9.17) is 4.74 Å². The normalized spacial score (nSPS) is 12.8. The highest BCUT2D eigenvalue weighted by Gasteiger charge is 2.03. The number of benzene rings is 1.